The lowest BCUT2D eigenvalue weighted by Gasteiger charge is -2.20. The second kappa shape index (κ2) is 35.4. The first-order chi connectivity index (χ1) is 25.6. The lowest BCUT2D eigenvalue weighted by atomic mass is 10.1. The molecule has 0 saturated carbocycles. The van der Waals surface area contributed by atoms with E-state index in [-0.39, 0.29) is 12.8 Å². The summed E-state index contributed by atoms with van der Waals surface area (Å²) in [6.07, 6.45) is 43.6. The number of nitrogens with two attached hydrogens (primary N) is 1. The van der Waals surface area contributed by atoms with E-state index in [1.807, 2.05) is 42.5 Å². The van der Waals surface area contributed by atoms with Crippen LogP contribution in [0.3, 0.4) is 0 Å². The van der Waals surface area contributed by atoms with Crippen LogP contribution in [-0.4, -0.2) is 59.9 Å². The summed E-state index contributed by atoms with van der Waals surface area (Å²) in [6.45, 7) is 2.41. The highest BCUT2D eigenvalue weighted by Crippen LogP contribution is 2.43. The maximum atomic E-state index is 12.5. The highest BCUT2D eigenvalue weighted by Gasteiger charge is 2.28. The Hall–Kier alpha value is -3.60. The van der Waals surface area contributed by atoms with Gasteiger partial charge in [-0.1, -0.05) is 130 Å². The minimum Gasteiger partial charge on any atom is -0.480 e. The lowest BCUT2D eigenvalue weighted by Crippen LogP contribution is -2.34. The molecule has 3 atom stereocenters. The van der Waals surface area contributed by atoms with Crippen LogP contribution in [-0.2, 0) is 37.5 Å². The molecule has 0 heterocycles. The van der Waals surface area contributed by atoms with Crippen LogP contribution in [0.4, 0.5) is 0 Å². The highest BCUT2D eigenvalue weighted by molar-refractivity contribution is 7.47. The summed E-state index contributed by atoms with van der Waals surface area (Å²) in [4.78, 5) is 45.7. The van der Waals surface area contributed by atoms with Crippen molar-refractivity contribution in [1.29, 1.82) is 0 Å². The molecule has 0 bridgehead atoms. The molecule has 0 aliphatic heterocycles. The molecule has 0 radical (unpaired) electrons. The van der Waals surface area contributed by atoms with Crippen LogP contribution in [0.1, 0.15) is 110 Å². The Kier molecular flexibility index (Phi) is 33.0. The number of ether oxygens (including phenoxy) is 2. The third-order valence-corrected chi connectivity index (χ3v) is 8.10. The monoisotopic (exact) mass is 761 g/mol. The Labute approximate surface area is 317 Å². The van der Waals surface area contributed by atoms with Crippen molar-refractivity contribution in [3.8, 4) is 0 Å². The van der Waals surface area contributed by atoms with Crippen molar-refractivity contribution in [3.63, 3.8) is 0 Å². The van der Waals surface area contributed by atoms with Gasteiger partial charge < -0.3 is 25.2 Å². The highest BCUT2D eigenvalue weighted by atomic mass is 31.2. The number of phosphoric ester groups is 1. The van der Waals surface area contributed by atoms with Gasteiger partial charge >= 0.3 is 25.7 Å². The molecule has 11 nitrogen and oxygen atoms in total. The van der Waals surface area contributed by atoms with Crippen molar-refractivity contribution in [3.05, 3.63) is 97.2 Å². The SMILES string of the molecule is CC/C=C/C=C/C=C/CCCCCCCC(=O)OC(COC(=O)CC/C=C/C/C=C/C/C=C/C/C=C/C/C=C/CC)COP(=O)(O)OC[C@H](N)C(=O)O. The molecule has 0 aromatic rings. The van der Waals surface area contributed by atoms with Gasteiger partial charge in [-0.25, -0.2) is 4.57 Å². The first-order valence-corrected chi connectivity index (χ1v) is 20.3. The fraction of sp³-hybridized carbons (Fsp3) is 0.537. The van der Waals surface area contributed by atoms with Crippen LogP contribution in [0.2, 0.25) is 0 Å². The maximum Gasteiger partial charge on any atom is 0.472 e. The summed E-state index contributed by atoms with van der Waals surface area (Å²) in [5.74, 6) is -2.53. The third kappa shape index (κ3) is 35.2. The quantitative estimate of drug-likeness (QED) is 0.0191. The van der Waals surface area contributed by atoms with Gasteiger partial charge in [-0.15, -0.1) is 0 Å². The van der Waals surface area contributed by atoms with Gasteiger partial charge in [0.05, 0.1) is 13.2 Å². The molecule has 298 valence electrons. The molecule has 4 N–H and O–H groups in total. The van der Waals surface area contributed by atoms with E-state index in [2.05, 4.69) is 73.1 Å². The molecule has 0 aromatic carbocycles. The largest absolute Gasteiger partial charge is 0.480 e. The average Bonchev–Trinajstić information content (AvgIpc) is 3.13. The van der Waals surface area contributed by atoms with Gasteiger partial charge in [-0.2, -0.15) is 0 Å². The lowest BCUT2D eigenvalue weighted by molar-refractivity contribution is -0.161. The predicted octanol–water partition coefficient (Wildman–Crippen LogP) is 9.33. The van der Waals surface area contributed by atoms with Crippen molar-refractivity contribution >= 4 is 25.7 Å². The zero-order valence-corrected chi connectivity index (χ0v) is 32.7. The summed E-state index contributed by atoms with van der Waals surface area (Å²) in [6, 6.07) is -1.54. The van der Waals surface area contributed by atoms with E-state index in [9.17, 15) is 23.8 Å². The van der Waals surface area contributed by atoms with Gasteiger partial charge in [-0.3, -0.25) is 23.4 Å². The number of hydrogen-bond donors (Lipinski definition) is 3. The molecule has 12 heteroatoms. The number of aliphatic carboxylic acids is 1. The summed E-state index contributed by atoms with van der Waals surface area (Å²) < 4.78 is 32.4. The average molecular weight is 762 g/mol. The predicted molar refractivity (Wildman–Crippen MR) is 212 cm³/mol. The molecular formula is C41H64NO10P. The molecule has 53 heavy (non-hydrogen) atoms. The normalized spacial score (nSPS) is 14.9. The van der Waals surface area contributed by atoms with Gasteiger partial charge in [0.15, 0.2) is 6.10 Å². The van der Waals surface area contributed by atoms with Crippen LogP contribution in [0, 0.1) is 0 Å². The molecule has 0 aliphatic rings. The molecule has 0 fully saturated rings. The van der Waals surface area contributed by atoms with E-state index in [0.717, 1.165) is 70.6 Å². The Bertz CT molecular complexity index is 1270. The summed E-state index contributed by atoms with van der Waals surface area (Å²) in [5.41, 5.74) is 5.31. The molecular weight excluding hydrogens is 697 g/mol. The van der Waals surface area contributed by atoms with E-state index < -0.39 is 57.7 Å². The van der Waals surface area contributed by atoms with Crippen molar-refractivity contribution in [2.45, 2.75) is 122 Å². The first-order valence-electron chi connectivity index (χ1n) is 18.8. The summed E-state index contributed by atoms with van der Waals surface area (Å²) >= 11 is 0. The second-order valence-electron chi connectivity index (χ2n) is 12.0. The molecule has 0 aliphatic carbocycles. The minimum atomic E-state index is -4.74. The van der Waals surface area contributed by atoms with Crippen molar-refractivity contribution in [2.24, 2.45) is 5.73 Å². The zero-order chi connectivity index (χ0) is 39.3. The van der Waals surface area contributed by atoms with Crippen molar-refractivity contribution < 1.29 is 47.5 Å². The number of carboxylic acid groups (broad SMARTS) is 1. The summed E-state index contributed by atoms with van der Waals surface area (Å²) in [7, 11) is -4.74. The number of unbranched alkanes of at least 4 members (excludes halogenated alkanes) is 5. The number of carbonyl (C=O) groups excluding carboxylic acids is 2. The van der Waals surface area contributed by atoms with Crippen LogP contribution < -0.4 is 5.73 Å². The maximum absolute atomic E-state index is 12.5. The fourth-order valence-corrected chi connectivity index (χ4v) is 5.01. The number of phosphoric acid groups is 1. The van der Waals surface area contributed by atoms with E-state index in [0.29, 0.717) is 12.8 Å². The molecule has 0 amide bonds. The first kappa shape index (κ1) is 49.4. The van der Waals surface area contributed by atoms with Gasteiger partial charge in [0.25, 0.3) is 0 Å². The van der Waals surface area contributed by atoms with Crippen molar-refractivity contribution in [1.82, 2.24) is 0 Å². The Morgan fingerprint density at radius 2 is 1.13 bits per heavy atom. The number of rotatable bonds is 33. The van der Waals surface area contributed by atoms with Crippen LogP contribution in [0.15, 0.2) is 97.2 Å². The number of esters is 2. The molecule has 0 saturated heterocycles. The van der Waals surface area contributed by atoms with E-state index in [4.69, 9.17) is 24.8 Å². The number of carbonyl (C=O) groups is 3. The van der Waals surface area contributed by atoms with E-state index in [1.54, 1.807) is 0 Å². The minimum absolute atomic E-state index is 0.0870. The van der Waals surface area contributed by atoms with Crippen LogP contribution in [0.5, 0.6) is 0 Å². The fourth-order valence-electron chi connectivity index (χ4n) is 4.23. The Balaban J connectivity index is 4.62. The third-order valence-electron chi connectivity index (χ3n) is 7.15. The standard InChI is InChI=1S/C41H64NO10P/c1-3-5-7-9-11-13-15-17-18-19-21-22-24-26-28-30-32-39(43)49-34-37(35-50-53(47,48)51-36-38(42)41(45)46)52-40(44)33-31-29-27-25-23-20-16-14-12-10-8-6-4-2/h5-8,10-14,16-18,21-22,26,28,37-38H,3-4,9,15,19-20,23-25,27,29-36,42H2,1-2H3,(H,45,46)(H,47,48)/b7-5+,8-6+,12-10+,13-11+,16-14+,18-17+,22-21+,28-26+/t37?,38-/m0/s1. The molecule has 0 spiro atoms. The second-order valence-corrected chi connectivity index (χ2v) is 13.5. The zero-order valence-electron chi connectivity index (χ0n) is 31.8. The number of carboxylic acids is 1. The smallest absolute Gasteiger partial charge is 0.472 e. The van der Waals surface area contributed by atoms with Crippen LogP contribution in [0.25, 0.3) is 0 Å². The number of allylic oxidation sites excluding steroid dienone is 16. The van der Waals surface area contributed by atoms with Gasteiger partial charge in [0.2, 0.25) is 0 Å². The molecule has 0 rings (SSSR count). The van der Waals surface area contributed by atoms with Gasteiger partial charge in [0.1, 0.15) is 12.6 Å². The summed E-state index contributed by atoms with van der Waals surface area (Å²) in [5, 5.41) is 8.86. The van der Waals surface area contributed by atoms with Gasteiger partial charge in [-0.05, 0) is 64.2 Å². The van der Waals surface area contributed by atoms with E-state index in [1.165, 1.54) is 0 Å². The topological polar surface area (TPSA) is 172 Å². The molecule has 0 aromatic heterocycles. The molecule has 2 unspecified atom stereocenters. The van der Waals surface area contributed by atoms with E-state index >= 15 is 0 Å². The Morgan fingerprint density at radius 1 is 0.604 bits per heavy atom. The van der Waals surface area contributed by atoms with Crippen molar-refractivity contribution in [2.75, 3.05) is 19.8 Å². The number of hydrogen-bond acceptors (Lipinski definition) is 9. The van der Waals surface area contributed by atoms with Gasteiger partial charge in [0, 0.05) is 12.8 Å². The Morgan fingerprint density at radius 3 is 1.74 bits per heavy atom. The van der Waals surface area contributed by atoms with Crippen LogP contribution >= 0.6 is 7.82 Å².